The van der Waals surface area contributed by atoms with Gasteiger partial charge in [-0.3, -0.25) is 9.59 Å². The number of likely N-dealkylation sites (tertiary alicyclic amines) is 1. The highest BCUT2D eigenvalue weighted by atomic mass is 16.4. The van der Waals surface area contributed by atoms with Crippen molar-refractivity contribution >= 4 is 22.9 Å². The number of benzene rings is 1. The lowest BCUT2D eigenvalue weighted by molar-refractivity contribution is -0.137. The van der Waals surface area contributed by atoms with Crippen molar-refractivity contribution in [3.8, 4) is 0 Å². The molecule has 1 aromatic carbocycles. The molecule has 0 spiro atoms. The van der Waals surface area contributed by atoms with E-state index in [1.165, 1.54) is 0 Å². The minimum atomic E-state index is -0.775. The molecule has 2 heterocycles. The Hall–Kier alpha value is -2.44. The number of hydrogen-bond acceptors (Lipinski definition) is 4. The Morgan fingerprint density at radius 2 is 2.22 bits per heavy atom. The van der Waals surface area contributed by atoms with Crippen LogP contribution < -0.4 is 0 Å². The second kappa shape index (κ2) is 6.36. The van der Waals surface area contributed by atoms with Gasteiger partial charge in [0.2, 0.25) is 0 Å². The van der Waals surface area contributed by atoms with Gasteiger partial charge in [-0.05, 0) is 43.4 Å². The van der Waals surface area contributed by atoms with Gasteiger partial charge in [-0.15, -0.1) is 5.10 Å². The van der Waals surface area contributed by atoms with E-state index in [4.69, 9.17) is 5.11 Å². The third kappa shape index (κ3) is 3.33. The predicted molar refractivity (Wildman–Crippen MR) is 84.0 cm³/mol. The van der Waals surface area contributed by atoms with Crippen LogP contribution in [0.1, 0.15) is 36.0 Å². The summed E-state index contributed by atoms with van der Waals surface area (Å²) in [6.45, 7) is 1.36. The van der Waals surface area contributed by atoms with E-state index >= 15 is 0 Å². The minimum Gasteiger partial charge on any atom is -0.481 e. The highest BCUT2D eigenvalue weighted by Gasteiger charge is 2.25. The number of carboxylic acid groups (broad SMARTS) is 1. The summed E-state index contributed by atoms with van der Waals surface area (Å²) in [6.07, 6.45) is 2.70. The van der Waals surface area contributed by atoms with E-state index in [9.17, 15) is 9.59 Å². The number of amides is 1. The Balaban J connectivity index is 1.72. The lowest BCUT2D eigenvalue weighted by Crippen LogP contribution is -2.40. The fourth-order valence-corrected chi connectivity index (χ4v) is 3.16. The van der Waals surface area contributed by atoms with Crippen LogP contribution in [0.3, 0.4) is 0 Å². The first-order valence-electron chi connectivity index (χ1n) is 7.85. The van der Waals surface area contributed by atoms with Crippen molar-refractivity contribution < 1.29 is 14.7 Å². The SMILES string of the molecule is Cn1nnc2ccc(C(=O)N3CCCC(CCC(=O)O)C3)cc21. The van der Waals surface area contributed by atoms with Crippen LogP contribution in [0.15, 0.2) is 18.2 Å². The lowest BCUT2D eigenvalue weighted by Gasteiger charge is -2.32. The lowest BCUT2D eigenvalue weighted by atomic mass is 9.93. The number of aliphatic carboxylic acids is 1. The minimum absolute atomic E-state index is 0.00637. The summed E-state index contributed by atoms with van der Waals surface area (Å²) in [5.74, 6) is -0.512. The molecule has 2 aromatic rings. The van der Waals surface area contributed by atoms with E-state index in [0.29, 0.717) is 18.5 Å². The summed E-state index contributed by atoms with van der Waals surface area (Å²) >= 11 is 0. The Kier molecular flexibility index (Phi) is 4.27. The van der Waals surface area contributed by atoms with Gasteiger partial charge in [0.15, 0.2) is 0 Å². The van der Waals surface area contributed by atoms with Crippen LogP contribution in [0.5, 0.6) is 0 Å². The van der Waals surface area contributed by atoms with E-state index in [1.54, 1.807) is 23.9 Å². The number of aromatic nitrogens is 3. The number of carboxylic acids is 1. The second-order valence-corrected chi connectivity index (χ2v) is 6.11. The molecule has 1 atom stereocenters. The molecule has 1 N–H and O–H groups in total. The topological polar surface area (TPSA) is 88.3 Å². The summed E-state index contributed by atoms with van der Waals surface area (Å²) < 4.78 is 1.65. The molecule has 1 aliphatic heterocycles. The number of piperidine rings is 1. The van der Waals surface area contributed by atoms with Crippen LogP contribution in [0, 0.1) is 5.92 Å². The van der Waals surface area contributed by atoms with E-state index in [1.807, 2.05) is 11.0 Å². The zero-order chi connectivity index (χ0) is 16.4. The maximum atomic E-state index is 12.7. The number of rotatable bonds is 4. The average Bonchev–Trinajstić information content (AvgIpc) is 2.93. The molecule has 3 rings (SSSR count). The number of fused-ring (bicyclic) bond motifs is 1. The third-order valence-electron chi connectivity index (χ3n) is 4.43. The van der Waals surface area contributed by atoms with E-state index in [0.717, 1.165) is 30.4 Å². The predicted octanol–water partition coefficient (Wildman–Crippen LogP) is 1.69. The van der Waals surface area contributed by atoms with Gasteiger partial charge in [0.1, 0.15) is 5.52 Å². The maximum absolute atomic E-state index is 12.7. The Morgan fingerprint density at radius 3 is 3.00 bits per heavy atom. The molecule has 122 valence electrons. The summed E-state index contributed by atoms with van der Waals surface area (Å²) in [4.78, 5) is 25.3. The van der Waals surface area contributed by atoms with Crippen molar-refractivity contribution in [1.29, 1.82) is 0 Å². The average molecular weight is 316 g/mol. The Labute approximate surface area is 133 Å². The molecular weight excluding hydrogens is 296 g/mol. The fraction of sp³-hybridized carbons (Fsp3) is 0.500. The van der Waals surface area contributed by atoms with Gasteiger partial charge >= 0.3 is 5.97 Å². The van der Waals surface area contributed by atoms with Gasteiger partial charge in [0, 0.05) is 32.1 Å². The first-order valence-corrected chi connectivity index (χ1v) is 7.85. The van der Waals surface area contributed by atoms with Crippen LogP contribution in [-0.2, 0) is 11.8 Å². The highest BCUT2D eigenvalue weighted by molar-refractivity contribution is 5.97. The van der Waals surface area contributed by atoms with Crippen LogP contribution in [0.25, 0.3) is 11.0 Å². The first kappa shape index (κ1) is 15.5. The molecule has 1 unspecified atom stereocenters. The largest absolute Gasteiger partial charge is 0.481 e. The van der Waals surface area contributed by atoms with Crippen LogP contribution >= 0.6 is 0 Å². The Morgan fingerprint density at radius 1 is 1.39 bits per heavy atom. The molecular formula is C16H20N4O3. The monoisotopic (exact) mass is 316 g/mol. The number of carbonyl (C=O) groups excluding carboxylic acids is 1. The number of nitrogens with zero attached hydrogens (tertiary/aromatic N) is 4. The van der Waals surface area contributed by atoms with Crippen molar-refractivity contribution in [2.45, 2.75) is 25.7 Å². The molecule has 1 saturated heterocycles. The molecule has 0 bridgehead atoms. The van der Waals surface area contributed by atoms with Gasteiger partial charge in [-0.1, -0.05) is 5.21 Å². The number of aryl methyl sites for hydroxylation is 1. The van der Waals surface area contributed by atoms with Crippen molar-refractivity contribution in [1.82, 2.24) is 19.9 Å². The molecule has 1 aromatic heterocycles. The molecule has 23 heavy (non-hydrogen) atoms. The summed E-state index contributed by atoms with van der Waals surface area (Å²) in [6, 6.07) is 5.40. The van der Waals surface area contributed by atoms with Crippen molar-refractivity contribution in [2.75, 3.05) is 13.1 Å². The van der Waals surface area contributed by atoms with Crippen LogP contribution in [0.2, 0.25) is 0 Å². The molecule has 1 aliphatic rings. The van der Waals surface area contributed by atoms with Gasteiger partial charge < -0.3 is 10.0 Å². The summed E-state index contributed by atoms with van der Waals surface area (Å²) in [5, 5.41) is 16.8. The normalized spacial score (nSPS) is 18.3. The van der Waals surface area contributed by atoms with Gasteiger partial charge in [0.25, 0.3) is 5.91 Å². The highest BCUT2D eigenvalue weighted by Crippen LogP contribution is 2.23. The molecule has 7 heteroatoms. The van der Waals surface area contributed by atoms with Gasteiger partial charge in [-0.2, -0.15) is 0 Å². The summed E-state index contributed by atoms with van der Waals surface area (Å²) in [7, 11) is 1.80. The molecule has 1 fully saturated rings. The molecule has 7 nitrogen and oxygen atoms in total. The second-order valence-electron chi connectivity index (χ2n) is 6.11. The smallest absolute Gasteiger partial charge is 0.303 e. The molecule has 0 saturated carbocycles. The van der Waals surface area contributed by atoms with Crippen molar-refractivity contribution in [3.63, 3.8) is 0 Å². The van der Waals surface area contributed by atoms with Crippen molar-refractivity contribution in [3.05, 3.63) is 23.8 Å². The summed E-state index contributed by atoms with van der Waals surface area (Å²) in [5.41, 5.74) is 2.22. The zero-order valence-electron chi connectivity index (χ0n) is 13.1. The van der Waals surface area contributed by atoms with Gasteiger partial charge in [0.05, 0.1) is 5.52 Å². The van der Waals surface area contributed by atoms with E-state index in [-0.39, 0.29) is 18.2 Å². The van der Waals surface area contributed by atoms with Crippen molar-refractivity contribution in [2.24, 2.45) is 13.0 Å². The van der Waals surface area contributed by atoms with Gasteiger partial charge in [-0.25, -0.2) is 4.68 Å². The molecule has 1 amide bonds. The first-order chi connectivity index (χ1) is 11.0. The van der Waals surface area contributed by atoms with Crippen LogP contribution in [0.4, 0.5) is 0 Å². The third-order valence-corrected chi connectivity index (χ3v) is 4.43. The number of carbonyl (C=O) groups is 2. The molecule has 0 aliphatic carbocycles. The fourth-order valence-electron chi connectivity index (χ4n) is 3.16. The van der Waals surface area contributed by atoms with E-state index in [2.05, 4.69) is 10.3 Å². The molecule has 0 radical (unpaired) electrons. The quantitative estimate of drug-likeness (QED) is 0.927. The van der Waals surface area contributed by atoms with E-state index < -0.39 is 5.97 Å². The zero-order valence-corrected chi connectivity index (χ0v) is 13.1. The van der Waals surface area contributed by atoms with Crippen LogP contribution in [-0.4, -0.2) is 50.0 Å². The maximum Gasteiger partial charge on any atom is 0.303 e. The standard InChI is InChI=1S/C16H20N4O3/c1-19-14-9-12(5-6-13(14)17-18-19)16(23)20-8-2-3-11(10-20)4-7-15(21)22/h5-6,9,11H,2-4,7-8,10H2,1H3,(H,21,22). The Bertz CT molecular complexity index is 740. The number of hydrogen-bond donors (Lipinski definition) is 1.